The van der Waals surface area contributed by atoms with Crippen LogP contribution < -0.4 is 10.6 Å². The highest BCUT2D eigenvalue weighted by Crippen LogP contribution is 2.26. The second kappa shape index (κ2) is 9.24. The van der Waals surface area contributed by atoms with E-state index in [1.54, 1.807) is 18.2 Å². The zero-order valence-electron chi connectivity index (χ0n) is 17.7. The van der Waals surface area contributed by atoms with E-state index >= 15 is 0 Å². The first-order valence-corrected chi connectivity index (χ1v) is 12.4. The maximum absolute atomic E-state index is 11.8. The average Bonchev–Trinajstić information content (AvgIpc) is 2.78. The van der Waals surface area contributed by atoms with E-state index in [9.17, 15) is 18.3 Å². The maximum Gasteiger partial charge on any atom is 0.407 e. The van der Waals surface area contributed by atoms with Gasteiger partial charge in [-0.1, -0.05) is 29.8 Å². The molecule has 1 amide bonds. The van der Waals surface area contributed by atoms with Gasteiger partial charge in [-0.3, -0.25) is 0 Å². The van der Waals surface area contributed by atoms with Crippen LogP contribution in [0.3, 0.4) is 0 Å². The van der Waals surface area contributed by atoms with Crippen LogP contribution in [0.5, 0.6) is 0 Å². The summed E-state index contributed by atoms with van der Waals surface area (Å²) < 4.78 is 23.5. The Bertz CT molecular complexity index is 1320. The number of nitrogens with zero attached hydrogens (tertiary/aromatic N) is 3. The molecule has 172 valence electrons. The molecule has 1 aliphatic rings. The van der Waals surface area contributed by atoms with Gasteiger partial charge in [0.05, 0.1) is 11.1 Å². The minimum Gasteiger partial charge on any atom is -0.465 e. The number of halogens is 1. The molecule has 0 fully saturated rings. The lowest BCUT2D eigenvalue weighted by Crippen LogP contribution is -2.34. The quantitative estimate of drug-likeness (QED) is 0.477. The van der Waals surface area contributed by atoms with E-state index in [4.69, 9.17) is 11.6 Å². The molecule has 0 unspecified atom stereocenters. The Morgan fingerprint density at radius 2 is 2.03 bits per heavy atom. The molecular weight excluding hydrogens is 466 g/mol. The highest BCUT2D eigenvalue weighted by Gasteiger charge is 2.20. The molecule has 0 saturated heterocycles. The minimum atomic E-state index is -3.29. The minimum absolute atomic E-state index is 0.247. The Morgan fingerprint density at radius 1 is 1.21 bits per heavy atom. The summed E-state index contributed by atoms with van der Waals surface area (Å²) in [6.45, 7) is 1.16. The largest absolute Gasteiger partial charge is 0.465 e. The van der Waals surface area contributed by atoms with Gasteiger partial charge in [-0.2, -0.15) is 4.98 Å². The molecular formula is C22H22ClN5O4S. The number of anilines is 3. The van der Waals surface area contributed by atoms with Crippen molar-refractivity contribution in [2.75, 3.05) is 23.4 Å². The zero-order valence-corrected chi connectivity index (χ0v) is 19.3. The van der Waals surface area contributed by atoms with Crippen LogP contribution in [-0.4, -0.2) is 47.3 Å². The fraction of sp³-hybridized carbons (Fsp3) is 0.227. The standard InChI is InChI=1S/C22H22ClN5O4S/c1-33(31,32)18-4-2-3-14(9-18)11-24-20-19(23)12-25-21(27-20)26-17-6-5-16-13-28(22(29)30)8-7-15(16)10-17/h2-6,9-10,12H,7-8,11,13H2,1H3,(H,29,30)(H2,24,25,26,27). The van der Waals surface area contributed by atoms with Gasteiger partial charge in [0.25, 0.3) is 0 Å². The SMILES string of the molecule is CS(=O)(=O)c1cccc(CNc2nc(Nc3ccc4c(c3)CCN(C(=O)O)C4)ncc2Cl)c1. The van der Waals surface area contributed by atoms with E-state index in [-0.39, 0.29) is 4.90 Å². The van der Waals surface area contributed by atoms with Crippen molar-refractivity contribution in [2.24, 2.45) is 0 Å². The van der Waals surface area contributed by atoms with Crippen molar-refractivity contribution in [1.82, 2.24) is 14.9 Å². The van der Waals surface area contributed by atoms with Gasteiger partial charge in [0.2, 0.25) is 5.95 Å². The summed E-state index contributed by atoms with van der Waals surface area (Å²) >= 11 is 6.24. The summed E-state index contributed by atoms with van der Waals surface area (Å²) in [5.74, 6) is 0.753. The van der Waals surface area contributed by atoms with Crippen LogP contribution >= 0.6 is 11.6 Å². The van der Waals surface area contributed by atoms with Crippen molar-refractivity contribution < 1.29 is 18.3 Å². The van der Waals surface area contributed by atoms with E-state index in [0.29, 0.717) is 42.8 Å². The summed E-state index contributed by atoms with van der Waals surface area (Å²) in [5.41, 5.74) is 3.61. The normalized spacial score (nSPS) is 13.3. The van der Waals surface area contributed by atoms with Gasteiger partial charge in [0.1, 0.15) is 5.02 Å². The highest BCUT2D eigenvalue weighted by molar-refractivity contribution is 7.90. The molecule has 0 atom stereocenters. The molecule has 2 heterocycles. The Labute approximate surface area is 196 Å². The van der Waals surface area contributed by atoms with Crippen LogP contribution in [-0.2, 0) is 29.3 Å². The van der Waals surface area contributed by atoms with Crippen molar-refractivity contribution in [3.63, 3.8) is 0 Å². The van der Waals surface area contributed by atoms with Crippen LogP contribution in [0.15, 0.2) is 53.6 Å². The molecule has 0 radical (unpaired) electrons. The highest BCUT2D eigenvalue weighted by atomic mass is 35.5. The number of amides is 1. The molecule has 4 rings (SSSR count). The number of aromatic nitrogens is 2. The van der Waals surface area contributed by atoms with Crippen LogP contribution in [0, 0.1) is 0 Å². The van der Waals surface area contributed by atoms with Crippen molar-refractivity contribution in [2.45, 2.75) is 24.4 Å². The fourth-order valence-corrected chi connectivity index (χ4v) is 4.40. The summed E-state index contributed by atoms with van der Waals surface area (Å²) in [6.07, 6.45) is 2.37. The number of benzene rings is 2. The van der Waals surface area contributed by atoms with Crippen molar-refractivity contribution in [3.8, 4) is 0 Å². The first-order valence-electron chi connectivity index (χ1n) is 10.1. The Balaban J connectivity index is 1.46. The Morgan fingerprint density at radius 3 is 2.79 bits per heavy atom. The molecule has 1 aliphatic heterocycles. The molecule has 0 aliphatic carbocycles. The monoisotopic (exact) mass is 487 g/mol. The summed E-state index contributed by atoms with van der Waals surface area (Å²) in [4.78, 5) is 21.5. The molecule has 9 nitrogen and oxygen atoms in total. The predicted molar refractivity (Wildman–Crippen MR) is 126 cm³/mol. The third-order valence-electron chi connectivity index (χ3n) is 5.28. The van der Waals surface area contributed by atoms with E-state index in [2.05, 4.69) is 20.6 Å². The van der Waals surface area contributed by atoms with Crippen molar-refractivity contribution >= 4 is 45.0 Å². The topological polar surface area (TPSA) is 125 Å². The van der Waals surface area contributed by atoms with E-state index in [0.717, 1.165) is 22.4 Å². The van der Waals surface area contributed by atoms with Crippen LogP contribution in [0.1, 0.15) is 16.7 Å². The second-order valence-electron chi connectivity index (χ2n) is 7.73. The van der Waals surface area contributed by atoms with Crippen molar-refractivity contribution in [1.29, 1.82) is 0 Å². The number of rotatable bonds is 6. The lowest BCUT2D eigenvalue weighted by molar-refractivity contribution is 0.140. The van der Waals surface area contributed by atoms with Crippen LogP contribution in [0.2, 0.25) is 5.02 Å². The van der Waals surface area contributed by atoms with E-state index < -0.39 is 15.9 Å². The smallest absolute Gasteiger partial charge is 0.407 e. The van der Waals surface area contributed by atoms with E-state index in [1.165, 1.54) is 17.4 Å². The first kappa shape index (κ1) is 22.8. The first-order chi connectivity index (χ1) is 15.7. The number of hydrogen-bond acceptors (Lipinski definition) is 7. The lowest BCUT2D eigenvalue weighted by Gasteiger charge is -2.26. The van der Waals surface area contributed by atoms with Gasteiger partial charge < -0.3 is 20.6 Å². The number of nitrogens with one attached hydrogen (secondary N) is 2. The lowest BCUT2D eigenvalue weighted by atomic mass is 9.99. The zero-order chi connectivity index (χ0) is 23.6. The third-order valence-corrected chi connectivity index (χ3v) is 6.66. The summed E-state index contributed by atoms with van der Waals surface area (Å²) in [5, 5.41) is 15.8. The number of hydrogen-bond donors (Lipinski definition) is 3. The van der Waals surface area contributed by atoms with Gasteiger partial charge >= 0.3 is 6.09 Å². The predicted octanol–water partition coefficient (Wildman–Crippen LogP) is 3.93. The van der Waals surface area contributed by atoms with Gasteiger partial charge in [0, 0.05) is 31.6 Å². The Kier molecular flexibility index (Phi) is 6.39. The molecule has 1 aromatic heterocycles. The Hall–Kier alpha value is -3.37. The maximum atomic E-state index is 11.8. The number of fused-ring (bicyclic) bond motifs is 1. The van der Waals surface area contributed by atoms with Gasteiger partial charge in [-0.15, -0.1) is 0 Å². The fourth-order valence-electron chi connectivity index (χ4n) is 3.55. The van der Waals surface area contributed by atoms with Crippen molar-refractivity contribution in [3.05, 3.63) is 70.4 Å². The molecule has 0 saturated carbocycles. The number of carboxylic acid groups (broad SMARTS) is 1. The molecule has 2 aromatic carbocycles. The van der Waals surface area contributed by atoms with E-state index in [1.807, 2.05) is 24.3 Å². The third kappa shape index (κ3) is 5.52. The molecule has 11 heteroatoms. The molecule has 33 heavy (non-hydrogen) atoms. The molecule has 0 spiro atoms. The van der Waals surface area contributed by atoms with Gasteiger partial charge in [-0.25, -0.2) is 18.2 Å². The number of sulfone groups is 1. The second-order valence-corrected chi connectivity index (χ2v) is 10.1. The molecule has 3 N–H and O–H groups in total. The summed E-state index contributed by atoms with van der Waals surface area (Å²) in [6, 6.07) is 12.4. The van der Waals surface area contributed by atoms with Crippen LogP contribution in [0.25, 0.3) is 0 Å². The molecule has 0 bridgehead atoms. The summed E-state index contributed by atoms with van der Waals surface area (Å²) in [7, 11) is -3.29. The van der Waals surface area contributed by atoms with Crippen LogP contribution in [0.4, 0.5) is 22.2 Å². The molecule has 3 aromatic rings. The van der Waals surface area contributed by atoms with Gasteiger partial charge in [0.15, 0.2) is 15.7 Å². The average molecular weight is 488 g/mol. The van der Waals surface area contributed by atoms with Gasteiger partial charge in [-0.05, 0) is 47.4 Å². The number of carbonyl (C=O) groups is 1.